The SMILES string of the molecule is Cc1cn2cc(C3CCNC3)cnc2n1. The van der Waals surface area contributed by atoms with Gasteiger partial charge in [0.2, 0.25) is 5.78 Å². The lowest BCUT2D eigenvalue weighted by atomic mass is 10.0. The predicted molar refractivity (Wildman–Crippen MR) is 58.0 cm³/mol. The molecule has 0 saturated carbocycles. The molecule has 3 rings (SSSR count). The fourth-order valence-electron chi connectivity index (χ4n) is 2.17. The Morgan fingerprint density at radius 1 is 1.47 bits per heavy atom. The van der Waals surface area contributed by atoms with Crippen LogP contribution in [-0.2, 0) is 0 Å². The van der Waals surface area contributed by atoms with Gasteiger partial charge in [-0.2, -0.15) is 0 Å². The van der Waals surface area contributed by atoms with E-state index in [1.165, 1.54) is 12.0 Å². The summed E-state index contributed by atoms with van der Waals surface area (Å²) in [7, 11) is 0. The van der Waals surface area contributed by atoms with Gasteiger partial charge in [0.25, 0.3) is 0 Å². The van der Waals surface area contributed by atoms with Crippen LogP contribution in [0.1, 0.15) is 23.6 Å². The van der Waals surface area contributed by atoms with Crippen molar-refractivity contribution in [3.63, 3.8) is 0 Å². The second-order valence-electron chi connectivity index (χ2n) is 4.17. The summed E-state index contributed by atoms with van der Waals surface area (Å²) in [6, 6.07) is 0. The minimum absolute atomic E-state index is 0.615. The summed E-state index contributed by atoms with van der Waals surface area (Å²) >= 11 is 0. The quantitative estimate of drug-likeness (QED) is 0.753. The van der Waals surface area contributed by atoms with E-state index in [1.54, 1.807) is 0 Å². The van der Waals surface area contributed by atoms with E-state index in [2.05, 4.69) is 21.5 Å². The van der Waals surface area contributed by atoms with Crippen LogP contribution in [0.2, 0.25) is 0 Å². The fourth-order valence-corrected chi connectivity index (χ4v) is 2.17. The molecule has 0 bridgehead atoms. The molecular weight excluding hydrogens is 188 g/mol. The van der Waals surface area contributed by atoms with E-state index in [0.29, 0.717) is 5.92 Å². The number of aromatic nitrogens is 3. The molecule has 1 unspecified atom stereocenters. The molecule has 2 aromatic rings. The number of hydrogen-bond acceptors (Lipinski definition) is 3. The smallest absolute Gasteiger partial charge is 0.233 e. The first-order valence-electron chi connectivity index (χ1n) is 5.35. The van der Waals surface area contributed by atoms with Gasteiger partial charge in [0.15, 0.2) is 0 Å². The summed E-state index contributed by atoms with van der Waals surface area (Å²) in [6.45, 7) is 4.18. The van der Waals surface area contributed by atoms with Crippen LogP contribution in [0.5, 0.6) is 0 Å². The van der Waals surface area contributed by atoms with Crippen LogP contribution in [0.3, 0.4) is 0 Å². The number of nitrogens with one attached hydrogen (secondary N) is 1. The van der Waals surface area contributed by atoms with Crippen molar-refractivity contribution in [1.82, 2.24) is 19.7 Å². The Labute approximate surface area is 88.4 Å². The van der Waals surface area contributed by atoms with Crippen LogP contribution in [-0.4, -0.2) is 27.5 Å². The lowest BCUT2D eigenvalue weighted by Crippen LogP contribution is -2.08. The van der Waals surface area contributed by atoms with Crippen LogP contribution < -0.4 is 5.32 Å². The fraction of sp³-hybridized carbons (Fsp3) is 0.455. The third-order valence-electron chi connectivity index (χ3n) is 2.98. The Kier molecular flexibility index (Phi) is 1.95. The van der Waals surface area contributed by atoms with Crippen LogP contribution in [0.4, 0.5) is 0 Å². The van der Waals surface area contributed by atoms with Gasteiger partial charge >= 0.3 is 0 Å². The highest BCUT2D eigenvalue weighted by Gasteiger charge is 2.17. The van der Waals surface area contributed by atoms with Crippen LogP contribution in [0.15, 0.2) is 18.6 Å². The summed E-state index contributed by atoms with van der Waals surface area (Å²) < 4.78 is 2.02. The number of aryl methyl sites for hydroxylation is 1. The molecule has 1 aliphatic rings. The molecule has 3 heterocycles. The van der Waals surface area contributed by atoms with Crippen molar-refractivity contribution in [3.05, 3.63) is 29.8 Å². The van der Waals surface area contributed by atoms with Gasteiger partial charge in [-0.15, -0.1) is 0 Å². The van der Waals surface area contributed by atoms with E-state index in [-0.39, 0.29) is 0 Å². The highest BCUT2D eigenvalue weighted by molar-refractivity contribution is 5.32. The van der Waals surface area contributed by atoms with Crippen molar-refractivity contribution in [1.29, 1.82) is 0 Å². The molecule has 1 aliphatic heterocycles. The van der Waals surface area contributed by atoms with E-state index >= 15 is 0 Å². The van der Waals surface area contributed by atoms with Gasteiger partial charge in [0.05, 0.1) is 5.69 Å². The maximum Gasteiger partial charge on any atom is 0.233 e. The molecule has 1 atom stereocenters. The van der Waals surface area contributed by atoms with Gasteiger partial charge in [-0.3, -0.25) is 4.40 Å². The summed E-state index contributed by atoms with van der Waals surface area (Å²) in [5.41, 5.74) is 2.33. The van der Waals surface area contributed by atoms with Crippen molar-refractivity contribution in [2.45, 2.75) is 19.3 Å². The van der Waals surface area contributed by atoms with Crippen molar-refractivity contribution < 1.29 is 0 Å². The van der Waals surface area contributed by atoms with E-state index in [9.17, 15) is 0 Å². The van der Waals surface area contributed by atoms with Gasteiger partial charge in [-0.1, -0.05) is 0 Å². The molecule has 0 aromatic carbocycles. The highest BCUT2D eigenvalue weighted by atomic mass is 15.1. The zero-order valence-corrected chi connectivity index (χ0v) is 8.77. The Morgan fingerprint density at radius 3 is 3.20 bits per heavy atom. The summed E-state index contributed by atoms with van der Waals surface area (Å²) in [5.74, 6) is 1.41. The maximum atomic E-state index is 4.37. The Bertz CT molecular complexity index is 482. The molecule has 78 valence electrons. The second-order valence-corrected chi connectivity index (χ2v) is 4.17. The molecule has 4 heteroatoms. The second kappa shape index (κ2) is 3.31. The molecule has 0 radical (unpaired) electrons. The summed E-state index contributed by atoms with van der Waals surface area (Å²) in [5, 5.41) is 3.37. The van der Waals surface area contributed by atoms with E-state index in [0.717, 1.165) is 24.6 Å². The minimum atomic E-state index is 0.615. The van der Waals surface area contributed by atoms with Crippen molar-refractivity contribution in [2.24, 2.45) is 0 Å². The Hall–Kier alpha value is -1.42. The number of imidazole rings is 1. The molecule has 1 saturated heterocycles. The Morgan fingerprint density at radius 2 is 2.40 bits per heavy atom. The average Bonchev–Trinajstić information content (AvgIpc) is 2.82. The van der Waals surface area contributed by atoms with Crippen molar-refractivity contribution in [2.75, 3.05) is 13.1 Å². The third-order valence-corrected chi connectivity index (χ3v) is 2.98. The first-order valence-corrected chi connectivity index (χ1v) is 5.35. The van der Waals surface area contributed by atoms with Crippen LogP contribution in [0.25, 0.3) is 5.78 Å². The number of nitrogens with zero attached hydrogens (tertiary/aromatic N) is 3. The Balaban J connectivity index is 2.04. The molecule has 2 aromatic heterocycles. The van der Waals surface area contributed by atoms with E-state index in [4.69, 9.17) is 0 Å². The largest absolute Gasteiger partial charge is 0.316 e. The van der Waals surface area contributed by atoms with Crippen LogP contribution >= 0.6 is 0 Å². The molecule has 1 fully saturated rings. The third kappa shape index (κ3) is 1.51. The normalized spacial score (nSPS) is 21.3. The zero-order valence-electron chi connectivity index (χ0n) is 8.77. The molecule has 1 N–H and O–H groups in total. The molecule has 4 nitrogen and oxygen atoms in total. The van der Waals surface area contributed by atoms with Crippen LogP contribution in [0, 0.1) is 6.92 Å². The molecular formula is C11H14N4. The number of hydrogen-bond donors (Lipinski definition) is 1. The summed E-state index contributed by atoms with van der Waals surface area (Å²) in [4.78, 5) is 8.69. The van der Waals surface area contributed by atoms with Gasteiger partial charge in [0, 0.05) is 31.1 Å². The monoisotopic (exact) mass is 202 g/mol. The topological polar surface area (TPSA) is 42.2 Å². The molecule has 0 amide bonds. The zero-order chi connectivity index (χ0) is 10.3. The number of rotatable bonds is 1. The number of fused-ring (bicyclic) bond motifs is 1. The van der Waals surface area contributed by atoms with Gasteiger partial charge in [-0.25, -0.2) is 9.97 Å². The maximum absolute atomic E-state index is 4.37. The van der Waals surface area contributed by atoms with E-state index in [1.807, 2.05) is 23.7 Å². The van der Waals surface area contributed by atoms with Gasteiger partial charge in [-0.05, 0) is 25.5 Å². The van der Waals surface area contributed by atoms with E-state index < -0.39 is 0 Å². The average molecular weight is 202 g/mol. The lowest BCUT2D eigenvalue weighted by molar-refractivity contribution is 0.751. The van der Waals surface area contributed by atoms with Crippen molar-refractivity contribution in [3.8, 4) is 0 Å². The minimum Gasteiger partial charge on any atom is -0.316 e. The first-order chi connectivity index (χ1) is 7.33. The summed E-state index contributed by atoms with van der Waals surface area (Å²) in [6.07, 6.45) is 7.34. The standard InChI is InChI=1S/C11H14N4/c1-8-6-15-7-10(5-13-11(15)14-8)9-2-3-12-4-9/h5-7,9,12H,2-4H2,1H3. The van der Waals surface area contributed by atoms with Gasteiger partial charge in [0.1, 0.15) is 0 Å². The molecule has 15 heavy (non-hydrogen) atoms. The first kappa shape index (κ1) is 8.85. The van der Waals surface area contributed by atoms with Gasteiger partial charge < -0.3 is 5.32 Å². The molecule has 0 spiro atoms. The lowest BCUT2D eigenvalue weighted by Gasteiger charge is -2.07. The predicted octanol–water partition coefficient (Wildman–Crippen LogP) is 1.11. The van der Waals surface area contributed by atoms with Crippen molar-refractivity contribution >= 4 is 5.78 Å². The highest BCUT2D eigenvalue weighted by Crippen LogP contribution is 2.21. The molecule has 0 aliphatic carbocycles.